The van der Waals surface area contributed by atoms with Gasteiger partial charge in [0.05, 0.1) is 12.2 Å². The van der Waals surface area contributed by atoms with E-state index in [4.69, 9.17) is 6.42 Å². The minimum absolute atomic E-state index is 0.0706. The molecule has 1 fully saturated rings. The molecule has 1 atom stereocenters. The van der Waals surface area contributed by atoms with Crippen LogP contribution in [0.3, 0.4) is 0 Å². The molecule has 1 amide bonds. The fraction of sp³-hybridized carbons (Fsp3) is 0.333. The number of pyridine rings is 1. The lowest BCUT2D eigenvalue weighted by Gasteiger charge is -2.14. The van der Waals surface area contributed by atoms with Crippen molar-refractivity contribution in [1.82, 2.24) is 9.88 Å². The van der Waals surface area contributed by atoms with Crippen molar-refractivity contribution in [2.45, 2.75) is 13.0 Å². The van der Waals surface area contributed by atoms with E-state index >= 15 is 0 Å². The van der Waals surface area contributed by atoms with Crippen molar-refractivity contribution in [3.63, 3.8) is 0 Å². The Balaban J connectivity index is 2.02. The number of rotatable bonds is 2. The summed E-state index contributed by atoms with van der Waals surface area (Å²) in [7, 11) is 0. The van der Waals surface area contributed by atoms with Gasteiger partial charge in [-0.2, -0.15) is 0 Å². The van der Waals surface area contributed by atoms with Crippen molar-refractivity contribution in [3.8, 4) is 12.3 Å². The van der Waals surface area contributed by atoms with E-state index < -0.39 is 0 Å². The second kappa shape index (κ2) is 4.14. The Morgan fingerprint density at radius 3 is 3.07 bits per heavy atom. The molecule has 0 saturated carbocycles. The maximum absolute atomic E-state index is 11.6. The molecule has 76 valence electrons. The Morgan fingerprint density at radius 1 is 1.60 bits per heavy atom. The highest BCUT2D eigenvalue weighted by Crippen LogP contribution is 2.18. The first kappa shape index (κ1) is 9.72. The number of likely N-dealkylation sites (tertiary alicyclic amines) is 1. The molecule has 15 heavy (non-hydrogen) atoms. The van der Waals surface area contributed by atoms with E-state index in [2.05, 4.69) is 10.9 Å². The molecule has 0 aliphatic carbocycles. The van der Waals surface area contributed by atoms with E-state index in [-0.39, 0.29) is 11.8 Å². The summed E-state index contributed by atoms with van der Waals surface area (Å²) in [5.41, 5.74) is 0.906. The summed E-state index contributed by atoms with van der Waals surface area (Å²) in [6.07, 6.45) is 7.51. The van der Waals surface area contributed by atoms with Crippen LogP contribution >= 0.6 is 0 Å². The number of aromatic nitrogens is 1. The van der Waals surface area contributed by atoms with E-state index in [0.717, 1.165) is 5.69 Å². The van der Waals surface area contributed by atoms with Crippen LogP contribution in [0.2, 0.25) is 0 Å². The molecule has 1 aliphatic rings. The zero-order chi connectivity index (χ0) is 10.7. The maximum Gasteiger partial charge on any atom is 0.224 e. The molecule has 0 bridgehead atoms. The molecule has 0 radical (unpaired) electrons. The number of amides is 1. The quantitative estimate of drug-likeness (QED) is 0.669. The van der Waals surface area contributed by atoms with Crippen molar-refractivity contribution in [1.29, 1.82) is 0 Å². The van der Waals surface area contributed by atoms with Crippen LogP contribution in [-0.4, -0.2) is 22.3 Å². The normalized spacial score (nSPS) is 20.3. The second-order valence-corrected chi connectivity index (χ2v) is 3.66. The maximum atomic E-state index is 11.6. The van der Waals surface area contributed by atoms with Crippen molar-refractivity contribution in [3.05, 3.63) is 30.1 Å². The summed E-state index contributed by atoms with van der Waals surface area (Å²) in [5.74, 6) is 2.83. The highest BCUT2D eigenvalue weighted by molar-refractivity contribution is 5.79. The minimum Gasteiger partial charge on any atom is -0.336 e. The van der Waals surface area contributed by atoms with Crippen LogP contribution in [0.15, 0.2) is 24.4 Å². The predicted molar refractivity (Wildman–Crippen MR) is 56.6 cm³/mol. The Hall–Kier alpha value is -1.82. The molecule has 1 unspecified atom stereocenters. The van der Waals surface area contributed by atoms with Crippen LogP contribution in [0.25, 0.3) is 0 Å². The van der Waals surface area contributed by atoms with Gasteiger partial charge in [0.2, 0.25) is 5.91 Å². The topological polar surface area (TPSA) is 33.2 Å². The summed E-state index contributed by atoms with van der Waals surface area (Å²) >= 11 is 0. The summed E-state index contributed by atoms with van der Waals surface area (Å²) in [4.78, 5) is 17.5. The van der Waals surface area contributed by atoms with Gasteiger partial charge in [0, 0.05) is 25.1 Å². The van der Waals surface area contributed by atoms with Gasteiger partial charge in [-0.1, -0.05) is 6.07 Å². The van der Waals surface area contributed by atoms with Gasteiger partial charge < -0.3 is 4.90 Å². The summed E-state index contributed by atoms with van der Waals surface area (Å²) in [6.45, 7) is 1.23. The largest absolute Gasteiger partial charge is 0.336 e. The van der Waals surface area contributed by atoms with Crippen LogP contribution in [0.1, 0.15) is 12.1 Å². The molecule has 0 N–H and O–H groups in total. The Morgan fingerprint density at radius 2 is 2.47 bits per heavy atom. The third-order valence-corrected chi connectivity index (χ3v) is 2.53. The first-order valence-corrected chi connectivity index (χ1v) is 4.93. The lowest BCUT2D eigenvalue weighted by atomic mass is 10.1. The van der Waals surface area contributed by atoms with Crippen LogP contribution in [0.5, 0.6) is 0 Å². The lowest BCUT2D eigenvalue weighted by molar-refractivity contribution is -0.128. The number of carbonyl (C=O) groups excluding carboxylic acids is 1. The molecular formula is C12H12N2O. The molecule has 0 spiro atoms. The summed E-state index contributed by atoms with van der Waals surface area (Å²) < 4.78 is 0. The average Bonchev–Trinajstić information content (AvgIpc) is 2.61. The summed E-state index contributed by atoms with van der Waals surface area (Å²) in [5, 5.41) is 0. The zero-order valence-electron chi connectivity index (χ0n) is 8.39. The zero-order valence-corrected chi connectivity index (χ0v) is 8.39. The number of terminal acetylenes is 1. The van der Waals surface area contributed by atoms with E-state index in [1.54, 1.807) is 11.1 Å². The van der Waals surface area contributed by atoms with Gasteiger partial charge in [-0.05, 0) is 12.1 Å². The van der Waals surface area contributed by atoms with E-state index in [0.29, 0.717) is 19.5 Å². The first-order chi connectivity index (χ1) is 7.29. The average molecular weight is 200 g/mol. The van der Waals surface area contributed by atoms with Crippen LogP contribution in [0.4, 0.5) is 0 Å². The molecule has 2 rings (SSSR count). The molecule has 1 aromatic rings. The van der Waals surface area contributed by atoms with Gasteiger partial charge in [-0.15, -0.1) is 12.3 Å². The van der Waals surface area contributed by atoms with Gasteiger partial charge >= 0.3 is 0 Å². The Labute approximate surface area is 89.1 Å². The monoisotopic (exact) mass is 200 g/mol. The highest BCUT2D eigenvalue weighted by atomic mass is 16.2. The summed E-state index contributed by atoms with van der Waals surface area (Å²) in [6, 6.07) is 5.69. The Kier molecular flexibility index (Phi) is 2.68. The Bertz CT molecular complexity index is 394. The fourth-order valence-electron chi connectivity index (χ4n) is 1.72. The van der Waals surface area contributed by atoms with E-state index in [1.165, 1.54) is 0 Å². The van der Waals surface area contributed by atoms with Gasteiger partial charge in [-0.3, -0.25) is 9.78 Å². The molecule has 1 aliphatic heterocycles. The molecule has 3 heteroatoms. The SMILES string of the molecule is C#CC1CC(=O)N(Cc2ccccn2)C1. The standard InChI is InChI=1S/C12H12N2O/c1-2-10-7-12(15)14(8-10)9-11-5-3-4-6-13-11/h1,3-6,10H,7-9H2. The second-order valence-electron chi connectivity index (χ2n) is 3.66. The molecular weight excluding hydrogens is 188 g/mol. The van der Waals surface area contributed by atoms with Crippen LogP contribution in [-0.2, 0) is 11.3 Å². The highest BCUT2D eigenvalue weighted by Gasteiger charge is 2.28. The van der Waals surface area contributed by atoms with Crippen molar-refractivity contribution >= 4 is 5.91 Å². The van der Waals surface area contributed by atoms with Crippen LogP contribution in [0, 0.1) is 18.3 Å². The molecule has 1 saturated heterocycles. The lowest BCUT2D eigenvalue weighted by Crippen LogP contribution is -2.24. The number of hydrogen-bond acceptors (Lipinski definition) is 2. The van der Waals surface area contributed by atoms with Gasteiger partial charge in [-0.25, -0.2) is 0 Å². The number of hydrogen-bond donors (Lipinski definition) is 0. The van der Waals surface area contributed by atoms with Crippen LogP contribution < -0.4 is 0 Å². The molecule has 1 aromatic heterocycles. The minimum atomic E-state index is 0.0706. The van der Waals surface area contributed by atoms with Crippen molar-refractivity contribution in [2.24, 2.45) is 5.92 Å². The third-order valence-electron chi connectivity index (χ3n) is 2.53. The van der Waals surface area contributed by atoms with Gasteiger partial charge in [0.1, 0.15) is 0 Å². The van der Waals surface area contributed by atoms with E-state index in [9.17, 15) is 4.79 Å². The third kappa shape index (κ3) is 2.16. The van der Waals surface area contributed by atoms with Gasteiger partial charge in [0.15, 0.2) is 0 Å². The van der Waals surface area contributed by atoms with Gasteiger partial charge in [0.25, 0.3) is 0 Å². The van der Waals surface area contributed by atoms with Crippen molar-refractivity contribution < 1.29 is 4.79 Å². The number of nitrogens with zero attached hydrogens (tertiary/aromatic N) is 2. The fourth-order valence-corrected chi connectivity index (χ4v) is 1.72. The first-order valence-electron chi connectivity index (χ1n) is 4.93. The number of carbonyl (C=O) groups is 1. The molecule has 0 aromatic carbocycles. The predicted octanol–water partition coefficient (Wildman–Crippen LogP) is 1.06. The van der Waals surface area contributed by atoms with Crippen molar-refractivity contribution in [2.75, 3.05) is 6.54 Å². The molecule has 3 nitrogen and oxygen atoms in total. The smallest absolute Gasteiger partial charge is 0.224 e. The van der Waals surface area contributed by atoms with E-state index in [1.807, 2.05) is 18.2 Å². The molecule has 2 heterocycles.